The van der Waals surface area contributed by atoms with Crippen molar-refractivity contribution in [2.75, 3.05) is 6.61 Å². The van der Waals surface area contributed by atoms with Crippen LogP contribution in [0.15, 0.2) is 53.4 Å². The minimum Gasteiger partial charge on any atom is -0.494 e. The van der Waals surface area contributed by atoms with Gasteiger partial charge >= 0.3 is 0 Å². The highest BCUT2D eigenvalue weighted by Gasteiger charge is 2.32. The molecule has 2 amide bonds. The number of ether oxygens (including phenoxy) is 1. The lowest BCUT2D eigenvalue weighted by Gasteiger charge is -2.27. The summed E-state index contributed by atoms with van der Waals surface area (Å²) in [6.07, 6.45) is 2.95. The Bertz CT molecular complexity index is 1200. The largest absolute Gasteiger partial charge is 0.494 e. The van der Waals surface area contributed by atoms with Crippen molar-refractivity contribution in [1.82, 2.24) is 15.4 Å². The van der Waals surface area contributed by atoms with Crippen molar-refractivity contribution >= 4 is 28.1 Å². The highest BCUT2D eigenvalue weighted by Crippen LogP contribution is 2.18. The molecule has 0 fully saturated rings. The van der Waals surface area contributed by atoms with Crippen molar-refractivity contribution in [3.05, 3.63) is 59.9 Å². The Kier molecular flexibility index (Phi) is 10.4. The molecule has 11 heteroatoms. The molecular formula is C27H34FN3O6S. The first kappa shape index (κ1) is 29.2. The maximum absolute atomic E-state index is 13.5. The molecule has 0 radical (unpaired) electrons. The fraction of sp³-hybridized carbons (Fsp3) is 0.444. The van der Waals surface area contributed by atoms with Crippen molar-refractivity contribution < 1.29 is 31.9 Å². The van der Waals surface area contributed by atoms with Gasteiger partial charge in [0.25, 0.3) is 0 Å². The molecule has 1 unspecified atom stereocenters. The summed E-state index contributed by atoms with van der Waals surface area (Å²) >= 11 is 0. The maximum Gasteiger partial charge on any atom is 0.243 e. The van der Waals surface area contributed by atoms with Crippen LogP contribution >= 0.6 is 0 Å². The summed E-state index contributed by atoms with van der Waals surface area (Å²) in [7, 11) is -4.21. The van der Waals surface area contributed by atoms with Gasteiger partial charge < -0.3 is 20.2 Å². The number of hydrogen-bond donors (Lipinski definition) is 3. The molecule has 2 heterocycles. The van der Waals surface area contributed by atoms with Crippen LogP contribution < -0.4 is 20.1 Å². The molecule has 2 aliphatic heterocycles. The number of hydrogen-bond acceptors (Lipinski definition) is 6. The Labute approximate surface area is 222 Å². The fourth-order valence-corrected chi connectivity index (χ4v) is 5.27. The molecule has 0 saturated heterocycles. The van der Waals surface area contributed by atoms with Crippen LogP contribution in [-0.4, -0.2) is 51.3 Å². The first-order valence-corrected chi connectivity index (χ1v) is 14.2. The van der Waals surface area contributed by atoms with Gasteiger partial charge in [-0.05, 0) is 73.6 Å². The number of rotatable bonds is 6. The SMILES string of the molecule is CCC(C)[C@@H]1NC(=O)[C@@H](NS(=O)(=O)c2ccc(F)cc2)Cc2ccc(cc2)OCCCC[C@@H](C=O)NC1=O. The number of sulfonamides is 1. The van der Waals surface area contributed by atoms with E-state index in [0.29, 0.717) is 49.9 Å². The molecule has 0 aromatic heterocycles. The Morgan fingerprint density at radius 3 is 2.37 bits per heavy atom. The van der Waals surface area contributed by atoms with E-state index in [2.05, 4.69) is 15.4 Å². The highest BCUT2D eigenvalue weighted by atomic mass is 32.2. The van der Waals surface area contributed by atoms with E-state index in [9.17, 15) is 27.2 Å². The number of amides is 2. The lowest BCUT2D eigenvalue weighted by molar-refractivity contribution is -0.132. The summed E-state index contributed by atoms with van der Waals surface area (Å²) in [6, 6.07) is 8.18. The summed E-state index contributed by atoms with van der Waals surface area (Å²) in [5.41, 5.74) is 0.661. The van der Waals surface area contributed by atoms with Crippen molar-refractivity contribution in [1.29, 1.82) is 0 Å². The van der Waals surface area contributed by atoms with E-state index >= 15 is 0 Å². The first-order chi connectivity index (χ1) is 18.1. The molecule has 206 valence electrons. The zero-order valence-electron chi connectivity index (χ0n) is 21.5. The normalized spacial score (nSPS) is 22.4. The van der Waals surface area contributed by atoms with Crippen molar-refractivity contribution in [2.45, 2.75) is 69.0 Å². The van der Waals surface area contributed by atoms with Gasteiger partial charge in [-0.3, -0.25) is 9.59 Å². The Balaban J connectivity index is 1.95. The van der Waals surface area contributed by atoms with E-state index in [-0.39, 0.29) is 17.2 Å². The number of halogens is 1. The van der Waals surface area contributed by atoms with E-state index in [1.165, 1.54) is 0 Å². The van der Waals surface area contributed by atoms with Crippen LogP contribution in [0.3, 0.4) is 0 Å². The van der Waals surface area contributed by atoms with Crippen molar-refractivity contribution in [3.63, 3.8) is 0 Å². The smallest absolute Gasteiger partial charge is 0.243 e. The first-order valence-electron chi connectivity index (χ1n) is 12.7. The van der Waals surface area contributed by atoms with Crippen LogP contribution in [-0.2, 0) is 30.8 Å². The second-order valence-corrected chi connectivity index (χ2v) is 11.2. The Morgan fingerprint density at radius 1 is 1.05 bits per heavy atom. The average molecular weight is 548 g/mol. The number of carbonyl (C=O) groups excluding carboxylic acids is 3. The highest BCUT2D eigenvalue weighted by molar-refractivity contribution is 7.89. The van der Waals surface area contributed by atoms with Gasteiger partial charge in [-0.1, -0.05) is 32.4 Å². The number of benzene rings is 2. The topological polar surface area (TPSA) is 131 Å². The number of fused-ring (bicyclic) bond motifs is 14. The van der Waals surface area contributed by atoms with Crippen LogP contribution in [0.4, 0.5) is 4.39 Å². The molecule has 0 saturated carbocycles. The van der Waals surface area contributed by atoms with Gasteiger partial charge in [0.2, 0.25) is 21.8 Å². The molecule has 0 spiro atoms. The summed E-state index contributed by atoms with van der Waals surface area (Å²) < 4.78 is 47.7. The van der Waals surface area contributed by atoms with Crippen LogP contribution in [0.25, 0.3) is 0 Å². The van der Waals surface area contributed by atoms with Gasteiger partial charge in [0.1, 0.15) is 29.9 Å². The fourth-order valence-electron chi connectivity index (χ4n) is 4.07. The lowest BCUT2D eigenvalue weighted by Crippen LogP contribution is -2.57. The molecule has 2 bridgehead atoms. The molecule has 2 aromatic rings. The standard InChI is InChI=1S/C27H34FN3O6S/c1-3-18(2)25-27(34)29-21(17-32)6-4-5-15-37-22-11-7-19(8-12-22)16-24(26(33)30-25)31-38(35,36)23-13-9-20(28)10-14-23/h7-14,17-18,21,24-25,31H,3-6,15-16H2,1-2H3,(H,29,34)(H,30,33)/t18?,21-,24-,25-/m0/s1. The molecule has 4 rings (SSSR count). The monoisotopic (exact) mass is 547 g/mol. The van der Waals surface area contributed by atoms with Crippen molar-refractivity contribution in [3.8, 4) is 5.75 Å². The third-order valence-corrected chi connectivity index (χ3v) is 8.05. The lowest BCUT2D eigenvalue weighted by atomic mass is 9.96. The van der Waals surface area contributed by atoms with E-state index in [0.717, 1.165) is 24.3 Å². The third kappa shape index (κ3) is 8.09. The van der Waals surface area contributed by atoms with Gasteiger partial charge in [-0.2, -0.15) is 4.72 Å². The third-order valence-electron chi connectivity index (χ3n) is 6.56. The zero-order chi connectivity index (χ0) is 27.7. The van der Waals surface area contributed by atoms with E-state index in [4.69, 9.17) is 4.74 Å². The summed E-state index contributed by atoms with van der Waals surface area (Å²) in [5, 5.41) is 5.40. The van der Waals surface area contributed by atoms with Crippen LogP contribution in [0, 0.1) is 11.7 Å². The van der Waals surface area contributed by atoms with E-state index in [1.807, 2.05) is 6.92 Å². The van der Waals surface area contributed by atoms with Gasteiger partial charge in [-0.25, -0.2) is 12.8 Å². The number of carbonyl (C=O) groups is 3. The quantitative estimate of drug-likeness (QED) is 0.477. The molecule has 3 N–H and O–H groups in total. The van der Waals surface area contributed by atoms with Gasteiger partial charge in [0.05, 0.1) is 17.5 Å². The molecule has 9 nitrogen and oxygen atoms in total. The van der Waals surface area contributed by atoms with Crippen LogP contribution in [0.5, 0.6) is 5.75 Å². The zero-order valence-corrected chi connectivity index (χ0v) is 22.3. The second-order valence-electron chi connectivity index (χ2n) is 9.44. The average Bonchev–Trinajstić information content (AvgIpc) is 2.90. The Morgan fingerprint density at radius 2 is 1.74 bits per heavy atom. The number of aldehydes is 1. The predicted molar refractivity (Wildman–Crippen MR) is 139 cm³/mol. The van der Waals surface area contributed by atoms with Crippen molar-refractivity contribution in [2.24, 2.45) is 5.92 Å². The molecule has 2 aliphatic rings. The predicted octanol–water partition coefficient (Wildman–Crippen LogP) is 2.49. The molecule has 4 atom stereocenters. The van der Waals surface area contributed by atoms with E-state index < -0.39 is 45.8 Å². The second kappa shape index (κ2) is 13.5. The summed E-state index contributed by atoms with van der Waals surface area (Å²) in [5.74, 6) is -1.50. The minimum absolute atomic E-state index is 0.0155. The Hall–Kier alpha value is -3.31. The molecule has 0 aliphatic carbocycles. The van der Waals surface area contributed by atoms with Gasteiger partial charge in [-0.15, -0.1) is 0 Å². The van der Waals surface area contributed by atoms with Crippen LogP contribution in [0.1, 0.15) is 45.1 Å². The van der Waals surface area contributed by atoms with E-state index in [1.54, 1.807) is 31.2 Å². The van der Waals surface area contributed by atoms with Gasteiger partial charge in [0, 0.05) is 0 Å². The minimum atomic E-state index is -4.21. The summed E-state index contributed by atoms with van der Waals surface area (Å²) in [4.78, 5) is 38.0. The van der Waals surface area contributed by atoms with Crippen LogP contribution in [0.2, 0.25) is 0 Å². The summed E-state index contributed by atoms with van der Waals surface area (Å²) in [6.45, 7) is 4.07. The maximum atomic E-state index is 13.5. The molecule has 2 aromatic carbocycles. The number of nitrogens with one attached hydrogen (secondary N) is 3. The molecule has 38 heavy (non-hydrogen) atoms. The van der Waals surface area contributed by atoms with Gasteiger partial charge in [0.15, 0.2) is 0 Å². The molecular weight excluding hydrogens is 513 g/mol.